The molecular weight excluding hydrogens is 480 g/mol. The SMILES string of the molecule is N#CNC(=N[C@H]1CCCCN(CC(=O)N2CCCC2)C1=O)N(CCc1ccccc1)Cc1ccccc1O. The number of carbonyl (C=O) groups is 2. The molecule has 2 saturated heterocycles. The molecule has 0 radical (unpaired) electrons. The van der Waals surface area contributed by atoms with Gasteiger partial charge in [-0.2, -0.15) is 5.26 Å². The van der Waals surface area contributed by atoms with Crippen LogP contribution in [0.4, 0.5) is 0 Å². The Labute approximate surface area is 224 Å². The smallest absolute Gasteiger partial charge is 0.247 e. The van der Waals surface area contributed by atoms with Crippen molar-refractivity contribution in [1.82, 2.24) is 20.0 Å². The van der Waals surface area contributed by atoms with Crippen molar-refractivity contribution in [3.8, 4) is 11.9 Å². The number of benzene rings is 2. The van der Waals surface area contributed by atoms with E-state index < -0.39 is 6.04 Å². The Balaban J connectivity index is 1.57. The number of aromatic hydroxyl groups is 1. The number of carbonyl (C=O) groups excluding carboxylic acids is 2. The van der Waals surface area contributed by atoms with Gasteiger partial charge in [0.15, 0.2) is 6.19 Å². The fourth-order valence-corrected chi connectivity index (χ4v) is 5.00. The molecule has 38 heavy (non-hydrogen) atoms. The van der Waals surface area contributed by atoms with Gasteiger partial charge in [0.1, 0.15) is 11.8 Å². The van der Waals surface area contributed by atoms with E-state index in [2.05, 4.69) is 5.32 Å². The molecule has 0 aromatic heterocycles. The molecule has 2 amide bonds. The Morgan fingerprint density at radius 3 is 2.50 bits per heavy atom. The summed E-state index contributed by atoms with van der Waals surface area (Å²) in [5, 5.41) is 22.7. The maximum Gasteiger partial charge on any atom is 0.247 e. The molecule has 0 spiro atoms. The average molecular weight is 517 g/mol. The summed E-state index contributed by atoms with van der Waals surface area (Å²) < 4.78 is 0. The predicted octanol–water partition coefficient (Wildman–Crippen LogP) is 2.87. The Kier molecular flexibility index (Phi) is 9.57. The molecule has 2 N–H and O–H groups in total. The first-order valence-corrected chi connectivity index (χ1v) is 13.4. The monoisotopic (exact) mass is 516 g/mol. The number of nitrogens with one attached hydrogen (secondary N) is 1. The van der Waals surface area contributed by atoms with Gasteiger partial charge >= 0.3 is 0 Å². The van der Waals surface area contributed by atoms with Gasteiger partial charge in [-0.15, -0.1) is 0 Å². The zero-order chi connectivity index (χ0) is 26.7. The van der Waals surface area contributed by atoms with E-state index >= 15 is 0 Å². The number of phenols is 1. The highest BCUT2D eigenvalue weighted by Crippen LogP contribution is 2.20. The Morgan fingerprint density at radius 1 is 1.05 bits per heavy atom. The molecule has 2 aromatic carbocycles. The minimum Gasteiger partial charge on any atom is -0.508 e. The number of likely N-dealkylation sites (tertiary alicyclic amines) is 2. The van der Waals surface area contributed by atoms with Crippen LogP contribution in [-0.4, -0.2) is 76.3 Å². The van der Waals surface area contributed by atoms with E-state index in [1.54, 1.807) is 17.0 Å². The minimum atomic E-state index is -0.691. The second kappa shape index (κ2) is 13.5. The van der Waals surface area contributed by atoms with Crippen molar-refractivity contribution >= 4 is 17.8 Å². The molecule has 200 valence electrons. The Hall–Kier alpha value is -4.06. The summed E-state index contributed by atoms with van der Waals surface area (Å²) in [6, 6.07) is 16.4. The van der Waals surface area contributed by atoms with Crippen LogP contribution in [0.2, 0.25) is 0 Å². The van der Waals surface area contributed by atoms with E-state index in [0.717, 1.165) is 44.3 Å². The van der Waals surface area contributed by atoms with Gasteiger partial charge in [0, 0.05) is 38.3 Å². The number of amides is 2. The molecular formula is C29H36N6O3. The second-order valence-corrected chi connectivity index (χ2v) is 9.83. The zero-order valence-electron chi connectivity index (χ0n) is 21.8. The number of rotatable bonds is 8. The van der Waals surface area contributed by atoms with Gasteiger partial charge < -0.3 is 19.8 Å². The van der Waals surface area contributed by atoms with Crippen LogP contribution in [0.5, 0.6) is 5.75 Å². The molecule has 0 aliphatic carbocycles. The molecule has 0 bridgehead atoms. The number of phenolic OH excluding ortho intramolecular Hbond substituents is 1. The number of guanidine groups is 1. The fraction of sp³-hybridized carbons (Fsp3) is 0.448. The number of para-hydroxylation sites is 1. The summed E-state index contributed by atoms with van der Waals surface area (Å²) in [7, 11) is 0. The van der Waals surface area contributed by atoms with Crippen LogP contribution in [-0.2, 0) is 22.6 Å². The van der Waals surface area contributed by atoms with Crippen molar-refractivity contribution in [3.63, 3.8) is 0 Å². The largest absolute Gasteiger partial charge is 0.508 e. The van der Waals surface area contributed by atoms with E-state index in [1.807, 2.05) is 58.5 Å². The molecule has 4 rings (SSSR count). The Bertz CT molecular complexity index is 1160. The van der Waals surface area contributed by atoms with E-state index in [1.165, 1.54) is 0 Å². The molecule has 2 heterocycles. The average Bonchev–Trinajstić information content (AvgIpc) is 3.42. The first-order valence-electron chi connectivity index (χ1n) is 13.4. The molecule has 0 saturated carbocycles. The zero-order valence-corrected chi connectivity index (χ0v) is 21.8. The highest BCUT2D eigenvalue weighted by Gasteiger charge is 2.31. The normalized spacial score (nSPS) is 18.1. The highest BCUT2D eigenvalue weighted by molar-refractivity contribution is 5.90. The highest BCUT2D eigenvalue weighted by atomic mass is 16.3. The van der Waals surface area contributed by atoms with Crippen molar-refractivity contribution in [2.45, 2.75) is 51.1 Å². The molecule has 0 unspecified atom stereocenters. The first-order chi connectivity index (χ1) is 18.5. The van der Waals surface area contributed by atoms with Crippen LogP contribution >= 0.6 is 0 Å². The molecule has 9 nitrogen and oxygen atoms in total. The Morgan fingerprint density at radius 2 is 1.76 bits per heavy atom. The lowest BCUT2D eigenvalue weighted by Crippen LogP contribution is -2.46. The van der Waals surface area contributed by atoms with E-state index in [9.17, 15) is 20.0 Å². The first kappa shape index (κ1) is 27.0. The van der Waals surface area contributed by atoms with Crippen molar-refractivity contribution < 1.29 is 14.7 Å². The van der Waals surface area contributed by atoms with Gasteiger partial charge in [0.05, 0.1) is 6.54 Å². The van der Waals surface area contributed by atoms with Gasteiger partial charge in [-0.25, -0.2) is 4.99 Å². The number of hydrogen-bond donors (Lipinski definition) is 2. The molecule has 2 aliphatic heterocycles. The van der Waals surface area contributed by atoms with Crippen LogP contribution in [0.3, 0.4) is 0 Å². The minimum absolute atomic E-state index is 0.0140. The molecule has 2 aliphatic rings. The van der Waals surface area contributed by atoms with Crippen LogP contribution in [0.1, 0.15) is 43.2 Å². The fourth-order valence-electron chi connectivity index (χ4n) is 5.00. The van der Waals surface area contributed by atoms with Crippen molar-refractivity contribution in [2.24, 2.45) is 4.99 Å². The maximum absolute atomic E-state index is 13.5. The van der Waals surface area contributed by atoms with Crippen LogP contribution in [0.15, 0.2) is 59.6 Å². The predicted molar refractivity (Wildman–Crippen MR) is 145 cm³/mol. The van der Waals surface area contributed by atoms with Gasteiger partial charge in [0.2, 0.25) is 17.8 Å². The maximum atomic E-state index is 13.5. The van der Waals surface area contributed by atoms with Crippen molar-refractivity contribution in [1.29, 1.82) is 5.26 Å². The third-order valence-electron chi connectivity index (χ3n) is 7.15. The number of aliphatic imine (C=N–C) groups is 1. The van der Waals surface area contributed by atoms with Crippen LogP contribution < -0.4 is 5.32 Å². The van der Waals surface area contributed by atoms with Gasteiger partial charge in [-0.3, -0.25) is 14.9 Å². The van der Waals surface area contributed by atoms with Gasteiger partial charge in [0.25, 0.3) is 0 Å². The van der Waals surface area contributed by atoms with E-state index in [-0.39, 0.29) is 30.1 Å². The second-order valence-electron chi connectivity index (χ2n) is 9.83. The van der Waals surface area contributed by atoms with Gasteiger partial charge in [-0.1, -0.05) is 48.5 Å². The van der Waals surface area contributed by atoms with Crippen molar-refractivity contribution in [2.75, 3.05) is 32.7 Å². The summed E-state index contributed by atoms with van der Waals surface area (Å²) in [5.41, 5.74) is 1.82. The van der Waals surface area contributed by atoms with E-state index in [4.69, 9.17) is 4.99 Å². The lowest BCUT2D eigenvalue weighted by molar-refractivity contribution is -0.140. The summed E-state index contributed by atoms with van der Waals surface area (Å²) in [4.78, 5) is 36.4. The third-order valence-corrected chi connectivity index (χ3v) is 7.15. The van der Waals surface area contributed by atoms with E-state index in [0.29, 0.717) is 38.0 Å². The molecule has 2 aromatic rings. The summed E-state index contributed by atoms with van der Waals surface area (Å²) >= 11 is 0. The topological polar surface area (TPSA) is 112 Å². The third kappa shape index (κ3) is 7.25. The summed E-state index contributed by atoms with van der Waals surface area (Å²) in [6.07, 6.45) is 6.84. The van der Waals surface area contributed by atoms with Crippen LogP contribution in [0.25, 0.3) is 0 Å². The lowest BCUT2D eigenvalue weighted by Gasteiger charge is -2.28. The molecule has 1 atom stereocenters. The molecule has 9 heteroatoms. The molecule has 2 fully saturated rings. The summed E-state index contributed by atoms with van der Waals surface area (Å²) in [6.45, 7) is 2.93. The van der Waals surface area contributed by atoms with Crippen LogP contribution in [0, 0.1) is 11.5 Å². The van der Waals surface area contributed by atoms with Gasteiger partial charge in [-0.05, 0) is 50.2 Å². The quantitative estimate of drug-likeness (QED) is 0.242. The number of nitriles is 1. The summed E-state index contributed by atoms with van der Waals surface area (Å²) in [5.74, 6) is 0.251. The lowest BCUT2D eigenvalue weighted by atomic mass is 10.1. The number of hydrogen-bond acceptors (Lipinski definition) is 5. The standard InChI is InChI=1S/C29H36N6O3/c30-22-31-29(32-25-13-6-7-18-34(28(25)38)21-27(37)33-16-8-9-17-33)35(19-15-23-10-2-1-3-11-23)20-24-12-4-5-14-26(24)36/h1-5,10-12,14,25,36H,6-9,13,15-21H2,(H,31,32)/t25-/m0/s1. The van der Waals surface area contributed by atoms with Crippen molar-refractivity contribution in [3.05, 3.63) is 65.7 Å². The number of nitrogens with zero attached hydrogens (tertiary/aromatic N) is 5.